The van der Waals surface area contributed by atoms with Gasteiger partial charge in [0.1, 0.15) is 9.84 Å². The summed E-state index contributed by atoms with van der Waals surface area (Å²) in [5.74, 6) is 0.577. The van der Waals surface area contributed by atoms with Gasteiger partial charge in [0.2, 0.25) is 0 Å². The Morgan fingerprint density at radius 2 is 1.47 bits per heavy atom. The molecule has 2 fully saturated rings. The Hall–Kier alpha value is -0.360. The van der Waals surface area contributed by atoms with E-state index in [0.717, 1.165) is 0 Å². The van der Waals surface area contributed by atoms with Crippen LogP contribution in [0.1, 0.15) is 25.7 Å². The number of hydrogen-bond donors (Lipinski definition) is 2. The van der Waals surface area contributed by atoms with Gasteiger partial charge < -0.3 is 10.6 Å². The molecular weight excluding hydrogens is 232 g/mol. The highest BCUT2D eigenvalue weighted by atomic mass is 32.2. The topological polar surface area (TPSA) is 58.2 Å². The lowest BCUT2D eigenvalue weighted by Crippen LogP contribution is -2.46. The van der Waals surface area contributed by atoms with Crippen LogP contribution in [0.5, 0.6) is 0 Å². The number of sulfone groups is 1. The maximum Gasteiger partial charge on any atom is 0.166 e. The van der Waals surface area contributed by atoms with Crippen molar-refractivity contribution in [1.29, 1.82) is 0 Å². The van der Waals surface area contributed by atoms with Gasteiger partial charge in [0.05, 0.1) is 11.5 Å². The van der Waals surface area contributed by atoms with Crippen molar-refractivity contribution >= 4 is 27.2 Å². The molecule has 0 aromatic heterocycles. The Morgan fingerprint density at radius 1 is 1.00 bits per heavy atom. The molecule has 0 unspecified atom stereocenters. The minimum absolute atomic E-state index is 0.229. The number of thiocarbonyl (C=S) groups is 1. The highest BCUT2D eigenvalue weighted by Gasteiger charge is 2.26. The van der Waals surface area contributed by atoms with Crippen LogP contribution in [0.2, 0.25) is 0 Å². The van der Waals surface area contributed by atoms with Gasteiger partial charge >= 0.3 is 0 Å². The van der Waals surface area contributed by atoms with Crippen LogP contribution in [-0.4, -0.2) is 37.1 Å². The van der Waals surface area contributed by atoms with Crippen molar-refractivity contribution in [3.63, 3.8) is 0 Å². The van der Waals surface area contributed by atoms with Crippen molar-refractivity contribution in [2.75, 3.05) is 11.5 Å². The first-order valence-corrected chi connectivity index (χ1v) is 7.55. The van der Waals surface area contributed by atoms with E-state index in [0.29, 0.717) is 24.0 Å². The zero-order valence-corrected chi connectivity index (χ0v) is 10.2. The van der Waals surface area contributed by atoms with Crippen LogP contribution in [-0.2, 0) is 9.84 Å². The standard InChI is InChI=1S/C9H16N2O2S2/c12-15(13)5-3-8(4-6-15)11-9(14)10-7-1-2-7/h7-8H,1-6H2,(H2,10,11,14). The molecule has 0 spiro atoms. The molecule has 2 aliphatic rings. The summed E-state index contributed by atoms with van der Waals surface area (Å²) in [4.78, 5) is 0. The molecule has 0 bridgehead atoms. The summed E-state index contributed by atoms with van der Waals surface area (Å²) in [6.45, 7) is 0. The number of hydrogen-bond acceptors (Lipinski definition) is 3. The molecule has 0 atom stereocenters. The fraction of sp³-hybridized carbons (Fsp3) is 0.889. The summed E-state index contributed by atoms with van der Waals surface area (Å²) < 4.78 is 22.4. The highest BCUT2D eigenvalue weighted by Crippen LogP contribution is 2.18. The van der Waals surface area contributed by atoms with Crippen molar-refractivity contribution in [1.82, 2.24) is 10.6 Å². The lowest BCUT2D eigenvalue weighted by Gasteiger charge is -2.24. The van der Waals surface area contributed by atoms with Gasteiger partial charge in [-0.05, 0) is 37.9 Å². The average molecular weight is 248 g/mol. The second-order valence-corrected chi connectivity index (χ2v) is 7.03. The van der Waals surface area contributed by atoms with Gasteiger partial charge in [-0.25, -0.2) is 8.42 Å². The van der Waals surface area contributed by atoms with Gasteiger partial charge in [0, 0.05) is 12.1 Å². The molecule has 1 aliphatic carbocycles. The first kappa shape index (κ1) is 11.1. The summed E-state index contributed by atoms with van der Waals surface area (Å²) in [5, 5.41) is 7.06. The van der Waals surface area contributed by atoms with Gasteiger partial charge in [-0.15, -0.1) is 0 Å². The SMILES string of the molecule is O=S1(=O)CCC(NC(=S)NC2CC2)CC1. The van der Waals surface area contributed by atoms with E-state index in [-0.39, 0.29) is 17.5 Å². The quantitative estimate of drug-likeness (QED) is 0.683. The Morgan fingerprint density at radius 3 is 1.93 bits per heavy atom. The predicted molar refractivity (Wildman–Crippen MR) is 63.6 cm³/mol. The van der Waals surface area contributed by atoms with E-state index in [2.05, 4.69) is 10.6 Å². The van der Waals surface area contributed by atoms with Crippen LogP contribution in [0, 0.1) is 0 Å². The maximum absolute atomic E-state index is 11.2. The Bertz CT molecular complexity index is 335. The van der Waals surface area contributed by atoms with E-state index in [1.807, 2.05) is 0 Å². The van der Waals surface area contributed by atoms with E-state index >= 15 is 0 Å². The van der Waals surface area contributed by atoms with Crippen LogP contribution in [0.25, 0.3) is 0 Å². The molecule has 2 rings (SSSR count). The summed E-state index contributed by atoms with van der Waals surface area (Å²) >= 11 is 5.14. The summed E-state index contributed by atoms with van der Waals surface area (Å²) in [6.07, 6.45) is 3.74. The van der Waals surface area contributed by atoms with Crippen LogP contribution in [0.3, 0.4) is 0 Å². The van der Waals surface area contributed by atoms with Gasteiger partial charge in [0.15, 0.2) is 5.11 Å². The number of nitrogens with one attached hydrogen (secondary N) is 2. The molecule has 1 saturated carbocycles. The third kappa shape index (κ3) is 3.61. The lowest BCUT2D eigenvalue weighted by atomic mass is 10.2. The van der Waals surface area contributed by atoms with Crippen LogP contribution in [0.4, 0.5) is 0 Å². The monoisotopic (exact) mass is 248 g/mol. The van der Waals surface area contributed by atoms with E-state index < -0.39 is 9.84 Å². The van der Waals surface area contributed by atoms with E-state index in [4.69, 9.17) is 12.2 Å². The van der Waals surface area contributed by atoms with Crippen molar-refractivity contribution in [2.24, 2.45) is 0 Å². The molecule has 0 aromatic carbocycles. The largest absolute Gasteiger partial charge is 0.360 e. The summed E-state index contributed by atoms with van der Waals surface area (Å²) in [7, 11) is -2.77. The Labute approximate surface area is 95.7 Å². The predicted octanol–water partition coefficient (Wildman–Crippen LogP) is 0.190. The lowest BCUT2D eigenvalue weighted by molar-refractivity contribution is 0.518. The van der Waals surface area contributed by atoms with Crippen LogP contribution in [0.15, 0.2) is 0 Å². The fourth-order valence-electron chi connectivity index (χ4n) is 1.67. The van der Waals surface area contributed by atoms with Crippen LogP contribution >= 0.6 is 12.2 Å². The van der Waals surface area contributed by atoms with Gasteiger partial charge in [-0.2, -0.15) is 0 Å². The zero-order valence-electron chi connectivity index (χ0n) is 8.53. The zero-order chi connectivity index (χ0) is 10.9. The van der Waals surface area contributed by atoms with Crippen molar-refractivity contribution in [3.05, 3.63) is 0 Å². The third-order valence-electron chi connectivity index (χ3n) is 2.80. The molecule has 86 valence electrons. The second kappa shape index (κ2) is 4.25. The summed E-state index contributed by atoms with van der Waals surface area (Å²) in [6, 6.07) is 0.782. The van der Waals surface area contributed by atoms with Crippen molar-refractivity contribution in [2.45, 2.75) is 37.8 Å². The van der Waals surface area contributed by atoms with Crippen molar-refractivity contribution < 1.29 is 8.42 Å². The summed E-state index contributed by atoms with van der Waals surface area (Å²) in [5.41, 5.74) is 0. The Kier molecular flexibility index (Phi) is 3.16. The van der Waals surface area contributed by atoms with Gasteiger partial charge in [-0.1, -0.05) is 0 Å². The molecule has 1 saturated heterocycles. The molecule has 0 amide bonds. The first-order chi connectivity index (χ1) is 7.05. The highest BCUT2D eigenvalue weighted by molar-refractivity contribution is 7.91. The average Bonchev–Trinajstić information content (AvgIpc) is 2.92. The molecule has 4 nitrogen and oxygen atoms in total. The third-order valence-corrected chi connectivity index (χ3v) is 4.75. The Balaban J connectivity index is 1.73. The minimum atomic E-state index is -2.77. The maximum atomic E-state index is 11.2. The first-order valence-electron chi connectivity index (χ1n) is 5.33. The molecule has 0 aromatic rings. The van der Waals surface area contributed by atoms with E-state index in [1.54, 1.807) is 0 Å². The second-order valence-electron chi connectivity index (χ2n) is 4.32. The molecule has 1 aliphatic heterocycles. The van der Waals surface area contributed by atoms with E-state index in [9.17, 15) is 8.42 Å². The normalized spacial score (nSPS) is 25.9. The van der Waals surface area contributed by atoms with Crippen LogP contribution < -0.4 is 10.6 Å². The molecule has 15 heavy (non-hydrogen) atoms. The number of rotatable bonds is 2. The smallest absolute Gasteiger partial charge is 0.166 e. The molecule has 1 heterocycles. The minimum Gasteiger partial charge on any atom is -0.360 e. The molecular formula is C9H16N2O2S2. The molecule has 6 heteroatoms. The molecule has 0 radical (unpaired) electrons. The van der Waals surface area contributed by atoms with Gasteiger partial charge in [0.25, 0.3) is 0 Å². The van der Waals surface area contributed by atoms with E-state index in [1.165, 1.54) is 12.8 Å². The van der Waals surface area contributed by atoms with Gasteiger partial charge in [-0.3, -0.25) is 0 Å². The van der Waals surface area contributed by atoms with Crippen molar-refractivity contribution in [3.8, 4) is 0 Å². The fourth-order valence-corrected chi connectivity index (χ4v) is 3.50. The molecule has 2 N–H and O–H groups in total.